The molecule has 4 rings (SSSR count). The zero-order valence-electron chi connectivity index (χ0n) is 20.9. The fraction of sp³-hybridized carbons (Fsp3) is 0.323. The van der Waals surface area contributed by atoms with E-state index in [9.17, 15) is 14.3 Å². The van der Waals surface area contributed by atoms with Crippen molar-refractivity contribution in [1.29, 1.82) is 0 Å². The molecule has 0 unspecified atom stereocenters. The van der Waals surface area contributed by atoms with Crippen molar-refractivity contribution < 1.29 is 23.8 Å². The molecule has 1 saturated carbocycles. The van der Waals surface area contributed by atoms with E-state index in [-0.39, 0.29) is 18.2 Å². The van der Waals surface area contributed by atoms with Crippen LogP contribution in [0.15, 0.2) is 66.7 Å². The Hall–Kier alpha value is -3.60. The van der Waals surface area contributed by atoms with Crippen molar-refractivity contribution in [3.63, 3.8) is 0 Å². The molecule has 0 spiro atoms. The van der Waals surface area contributed by atoms with Crippen molar-refractivity contribution in [2.45, 2.75) is 51.6 Å². The van der Waals surface area contributed by atoms with Crippen LogP contribution in [0.4, 0.5) is 4.39 Å². The summed E-state index contributed by atoms with van der Waals surface area (Å²) < 4.78 is 26.2. The number of carboxylic acids is 1. The first-order valence-electron chi connectivity index (χ1n) is 12.6. The van der Waals surface area contributed by atoms with E-state index < -0.39 is 5.97 Å². The molecule has 4 nitrogen and oxygen atoms in total. The van der Waals surface area contributed by atoms with Crippen LogP contribution in [0.1, 0.15) is 61.6 Å². The van der Waals surface area contributed by atoms with Gasteiger partial charge in [-0.15, -0.1) is 0 Å². The van der Waals surface area contributed by atoms with Gasteiger partial charge in [0, 0.05) is 5.56 Å². The SMILES string of the molecule is CCC[C@H](CC(=O)O)c1cccc(OCc2ccc(-c3cc(OC)ccc3F)c(/C=C/C3CC3)c2)c1. The van der Waals surface area contributed by atoms with Crippen LogP contribution in [0.2, 0.25) is 0 Å². The van der Waals surface area contributed by atoms with E-state index in [1.54, 1.807) is 19.2 Å². The van der Waals surface area contributed by atoms with E-state index in [1.165, 1.54) is 18.9 Å². The van der Waals surface area contributed by atoms with E-state index in [1.807, 2.05) is 42.5 Å². The summed E-state index contributed by atoms with van der Waals surface area (Å²) in [4.78, 5) is 11.3. The first-order chi connectivity index (χ1) is 17.5. The number of aliphatic carboxylic acids is 1. The highest BCUT2D eigenvalue weighted by atomic mass is 19.1. The van der Waals surface area contributed by atoms with Gasteiger partial charge in [-0.2, -0.15) is 0 Å². The van der Waals surface area contributed by atoms with Crippen molar-refractivity contribution in [2.75, 3.05) is 7.11 Å². The molecule has 1 aliphatic carbocycles. The number of ether oxygens (including phenoxy) is 2. The monoisotopic (exact) mass is 488 g/mol. The number of rotatable bonds is 12. The molecule has 1 N–H and O–H groups in total. The number of hydrogen-bond donors (Lipinski definition) is 1. The molecular weight excluding hydrogens is 455 g/mol. The summed E-state index contributed by atoms with van der Waals surface area (Å²) in [5.74, 6) is 0.793. The maximum absolute atomic E-state index is 14.7. The lowest BCUT2D eigenvalue weighted by atomic mass is 9.91. The van der Waals surface area contributed by atoms with Crippen LogP contribution < -0.4 is 9.47 Å². The van der Waals surface area contributed by atoms with Crippen molar-refractivity contribution >= 4 is 12.0 Å². The average molecular weight is 489 g/mol. The van der Waals surface area contributed by atoms with Gasteiger partial charge >= 0.3 is 5.97 Å². The Labute approximate surface area is 212 Å². The fourth-order valence-corrected chi connectivity index (χ4v) is 4.42. The standard InChI is InChI=1S/C31H33FO4/c1-3-5-23(18-31(33)34)24-6-4-7-27(17-24)36-20-22-11-14-28(25(16-22)12-10-21-8-9-21)29-19-26(35-2)13-15-30(29)32/h4,6-7,10-17,19,21,23H,3,5,8-9,18,20H2,1-2H3,(H,33,34)/b12-10+/t23-/m1/s1. The molecule has 0 aromatic heterocycles. The third-order valence-electron chi connectivity index (χ3n) is 6.54. The van der Waals surface area contributed by atoms with E-state index >= 15 is 0 Å². The Bertz CT molecular complexity index is 1230. The zero-order valence-corrected chi connectivity index (χ0v) is 20.9. The lowest BCUT2D eigenvalue weighted by Gasteiger charge is -2.16. The van der Waals surface area contributed by atoms with Crippen LogP contribution in [0.3, 0.4) is 0 Å². The first kappa shape index (κ1) is 25.5. The van der Waals surface area contributed by atoms with Crippen LogP contribution in [0.25, 0.3) is 17.2 Å². The van der Waals surface area contributed by atoms with Gasteiger partial charge in [-0.05, 0) is 89.8 Å². The number of methoxy groups -OCH3 is 1. The van der Waals surface area contributed by atoms with Gasteiger partial charge in [-0.1, -0.05) is 49.8 Å². The predicted molar refractivity (Wildman–Crippen MR) is 141 cm³/mol. The third-order valence-corrected chi connectivity index (χ3v) is 6.54. The fourth-order valence-electron chi connectivity index (χ4n) is 4.42. The van der Waals surface area contributed by atoms with Crippen LogP contribution in [-0.4, -0.2) is 18.2 Å². The predicted octanol–water partition coefficient (Wildman–Crippen LogP) is 7.86. The van der Waals surface area contributed by atoms with Crippen LogP contribution in [-0.2, 0) is 11.4 Å². The second-order valence-electron chi connectivity index (χ2n) is 9.41. The molecule has 0 bridgehead atoms. The highest BCUT2D eigenvalue weighted by molar-refractivity contribution is 5.77. The molecule has 188 valence electrons. The van der Waals surface area contributed by atoms with Crippen molar-refractivity contribution in [3.8, 4) is 22.6 Å². The molecule has 5 heteroatoms. The Morgan fingerprint density at radius 1 is 1.08 bits per heavy atom. The van der Waals surface area contributed by atoms with Crippen molar-refractivity contribution in [1.82, 2.24) is 0 Å². The van der Waals surface area contributed by atoms with Gasteiger partial charge in [-0.3, -0.25) is 4.79 Å². The molecule has 0 heterocycles. The number of benzene rings is 3. The quantitative estimate of drug-likeness (QED) is 0.282. The molecule has 0 radical (unpaired) electrons. The minimum Gasteiger partial charge on any atom is -0.497 e. The van der Waals surface area contributed by atoms with Crippen molar-refractivity contribution in [3.05, 3.63) is 89.2 Å². The average Bonchev–Trinajstić information content (AvgIpc) is 3.71. The van der Waals surface area contributed by atoms with E-state index in [0.29, 0.717) is 29.6 Å². The minimum absolute atomic E-state index is 0.0349. The molecule has 0 amide bonds. The Balaban J connectivity index is 1.56. The maximum atomic E-state index is 14.7. The molecule has 1 aliphatic rings. The second-order valence-corrected chi connectivity index (χ2v) is 9.41. The Morgan fingerprint density at radius 2 is 1.92 bits per heavy atom. The summed E-state index contributed by atoms with van der Waals surface area (Å²) in [7, 11) is 1.58. The second kappa shape index (κ2) is 11.9. The number of allylic oxidation sites excluding steroid dienone is 1. The van der Waals surface area contributed by atoms with Gasteiger partial charge in [0.2, 0.25) is 0 Å². The van der Waals surface area contributed by atoms with Gasteiger partial charge in [0.05, 0.1) is 13.5 Å². The number of carboxylic acid groups (broad SMARTS) is 1. The van der Waals surface area contributed by atoms with E-state index in [2.05, 4.69) is 19.1 Å². The maximum Gasteiger partial charge on any atom is 0.303 e. The summed E-state index contributed by atoms with van der Waals surface area (Å²) in [6.45, 7) is 2.41. The summed E-state index contributed by atoms with van der Waals surface area (Å²) in [6, 6.07) is 18.4. The Morgan fingerprint density at radius 3 is 2.64 bits per heavy atom. The summed E-state index contributed by atoms with van der Waals surface area (Å²) in [5, 5.41) is 9.28. The van der Waals surface area contributed by atoms with Crippen LogP contribution >= 0.6 is 0 Å². The molecule has 0 saturated heterocycles. The van der Waals surface area contributed by atoms with E-state index in [4.69, 9.17) is 9.47 Å². The zero-order chi connectivity index (χ0) is 25.5. The topological polar surface area (TPSA) is 55.8 Å². The molecule has 1 fully saturated rings. The molecule has 0 aliphatic heterocycles. The van der Waals surface area contributed by atoms with Gasteiger partial charge in [0.25, 0.3) is 0 Å². The molecule has 1 atom stereocenters. The molecular formula is C31H33FO4. The minimum atomic E-state index is -0.792. The van der Waals surface area contributed by atoms with Crippen LogP contribution in [0.5, 0.6) is 11.5 Å². The largest absolute Gasteiger partial charge is 0.497 e. The summed E-state index contributed by atoms with van der Waals surface area (Å²) in [5.41, 5.74) is 4.20. The molecule has 36 heavy (non-hydrogen) atoms. The number of carbonyl (C=O) groups is 1. The molecule has 3 aromatic rings. The summed E-state index contributed by atoms with van der Waals surface area (Å²) >= 11 is 0. The number of hydrogen-bond acceptors (Lipinski definition) is 3. The van der Waals surface area contributed by atoms with Gasteiger partial charge in [0.1, 0.15) is 23.9 Å². The highest BCUT2D eigenvalue weighted by Crippen LogP contribution is 2.35. The normalized spacial score (nSPS) is 14.1. The lowest BCUT2D eigenvalue weighted by molar-refractivity contribution is -0.137. The first-order valence-corrected chi connectivity index (χ1v) is 12.6. The van der Waals surface area contributed by atoms with Crippen LogP contribution in [0, 0.1) is 11.7 Å². The third kappa shape index (κ3) is 6.75. The highest BCUT2D eigenvalue weighted by Gasteiger charge is 2.18. The van der Waals surface area contributed by atoms with Gasteiger partial charge in [0.15, 0.2) is 0 Å². The number of halogens is 1. The Kier molecular flexibility index (Phi) is 8.42. The van der Waals surface area contributed by atoms with E-state index in [0.717, 1.165) is 35.1 Å². The van der Waals surface area contributed by atoms with Gasteiger partial charge in [-0.25, -0.2) is 4.39 Å². The lowest BCUT2D eigenvalue weighted by Crippen LogP contribution is -2.06. The van der Waals surface area contributed by atoms with Gasteiger partial charge < -0.3 is 14.6 Å². The smallest absolute Gasteiger partial charge is 0.303 e. The molecule has 3 aromatic carbocycles. The van der Waals surface area contributed by atoms with Crippen molar-refractivity contribution in [2.24, 2.45) is 5.92 Å². The summed E-state index contributed by atoms with van der Waals surface area (Å²) in [6.07, 6.45) is 8.50.